The second-order valence-corrected chi connectivity index (χ2v) is 4.43. The Morgan fingerprint density at radius 1 is 1.05 bits per heavy atom. The second-order valence-electron chi connectivity index (χ2n) is 4.43. The standard InChI is InChI=1S/C20H21N/c1-5-7-11-15-21-20(17(3)4)16-19(12-6-2)18-13-9-8-10-14-18/h5-16H,1-3H2,4H3/b11-7+,19-12+,20-16-,21-15+. The zero-order valence-corrected chi connectivity index (χ0v) is 12.5. The summed E-state index contributed by atoms with van der Waals surface area (Å²) in [5, 5.41) is 0. The summed E-state index contributed by atoms with van der Waals surface area (Å²) in [4.78, 5) is 4.44. The number of aliphatic imine (C=N–C) groups is 1. The average molecular weight is 275 g/mol. The number of hydrogen-bond donors (Lipinski definition) is 0. The molecule has 0 radical (unpaired) electrons. The summed E-state index contributed by atoms with van der Waals surface area (Å²) in [6.45, 7) is 13.3. The van der Waals surface area contributed by atoms with Crippen LogP contribution < -0.4 is 0 Å². The van der Waals surface area contributed by atoms with Crippen molar-refractivity contribution in [2.75, 3.05) is 0 Å². The number of allylic oxidation sites excluding steroid dienone is 8. The van der Waals surface area contributed by atoms with Crippen molar-refractivity contribution in [1.82, 2.24) is 0 Å². The molecule has 1 aromatic rings. The van der Waals surface area contributed by atoms with Crippen LogP contribution in [0.5, 0.6) is 0 Å². The number of benzene rings is 1. The SMILES string of the molecule is C=C/C=C/C=N/C(=C\C(=C/C=C)c1ccccc1)C(=C)C. The lowest BCUT2D eigenvalue weighted by Gasteiger charge is -2.05. The lowest BCUT2D eigenvalue weighted by molar-refractivity contribution is 1.31. The van der Waals surface area contributed by atoms with Gasteiger partial charge in [-0.15, -0.1) is 0 Å². The summed E-state index contributed by atoms with van der Waals surface area (Å²) in [7, 11) is 0. The van der Waals surface area contributed by atoms with Crippen molar-refractivity contribution in [2.24, 2.45) is 4.99 Å². The van der Waals surface area contributed by atoms with Crippen LogP contribution >= 0.6 is 0 Å². The van der Waals surface area contributed by atoms with Crippen LogP contribution in [-0.2, 0) is 0 Å². The fraction of sp³-hybridized carbons (Fsp3) is 0.0500. The summed E-state index contributed by atoms with van der Waals surface area (Å²) in [5.41, 5.74) is 3.91. The second kappa shape index (κ2) is 9.27. The molecule has 21 heavy (non-hydrogen) atoms. The van der Waals surface area contributed by atoms with E-state index in [-0.39, 0.29) is 0 Å². The maximum atomic E-state index is 4.44. The van der Waals surface area contributed by atoms with Gasteiger partial charge in [0.25, 0.3) is 0 Å². The first-order chi connectivity index (χ1) is 10.2. The first-order valence-electron chi connectivity index (χ1n) is 6.76. The van der Waals surface area contributed by atoms with Crippen molar-refractivity contribution < 1.29 is 0 Å². The fourth-order valence-electron chi connectivity index (χ4n) is 1.65. The van der Waals surface area contributed by atoms with Gasteiger partial charge in [0.2, 0.25) is 0 Å². The van der Waals surface area contributed by atoms with Crippen LogP contribution in [0, 0.1) is 0 Å². The smallest absolute Gasteiger partial charge is 0.0659 e. The molecule has 106 valence electrons. The van der Waals surface area contributed by atoms with Gasteiger partial charge >= 0.3 is 0 Å². The van der Waals surface area contributed by atoms with Crippen molar-refractivity contribution >= 4 is 11.8 Å². The Hall–Kier alpha value is -2.67. The Kier molecular flexibility index (Phi) is 7.23. The van der Waals surface area contributed by atoms with Gasteiger partial charge in [-0.1, -0.05) is 74.4 Å². The molecule has 1 heteroatoms. The molecule has 0 fully saturated rings. The average Bonchev–Trinajstić information content (AvgIpc) is 2.50. The van der Waals surface area contributed by atoms with Gasteiger partial charge in [-0.05, 0) is 35.8 Å². The van der Waals surface area contributed by atoms with Gasteiger partial charge in [0, 0.05) is 6.21 Å². The first kappa shape index (κ1) is 16.4. The van der Waals surface area contributed by atoms with Gasteiger partial charge < -0.3 is 0 Å². The van der Waals surface area contributed by atoms with Gasteiger partial charge in [0.15, 0.2) is 0 Å². The summed E-state index contributed by atoms with van der Waals surface area (Å²) in [6, 6.07) is 10.1. The molecule has 0 heterocycles. The normalized spacial score (nSPS) is 12.8. The van der Waals surface area contributed by atoms with Crippen molar-refractivity contribution in [3.63, 3.8) is 0 Å². The van der Waals surface area contributed by atoms with Crippen molar-refractivity contribution in [3.8, 4) is 0 Å². The van der Waals surface area contributed by atoms with Crippen LogP contribution in [0.4, 0.5) is 0 Å². The molecule has 0 aliphatic carbocycles. The summed E-state index contributed by atoms with van der Waals surface area (Å²) in [5.74, 6) is 0. The van der Waals surface area contributed by atoms with E-state index in [0.717, 1.165) is 22.4 Å². The molecule has 0 aliphatic rings. The third kappa shape index (κ3) is 5.87. The summed E-state index contributed by atoms with van der Waals surface area (Å²) >= 11 is 0. The van der Waals surface area contributed by atoms with Crippen molar-refractivity contribution in [3.05, 3.63) is 103 Å². The highest BCUT2D eigenvalue weighted by atomic mass is 14.7. The van der Waals surface area contributed by atoms with E-state index in [0.29, 0.717) is 0 Å². The number of rotatable bonds is 7. The highest BCUT2D eigenvalue weighted by Crippen LogP contribution is 2.20. The fourth-order valence-corrected chi connectivity index (χ4v) is 1.65. The highest BCUT2D eigenvalue weighted by molar-refractivity contribution is 5.78. The zero-order valence-electron chi connectivity index (χ0n) is 12.5. The molecule has 0 bridgehead atoms. The van der Waals surface area contributed by atoms with Crippen molar-refractivity contribution in [2.45, 2.75) is 6.92 Å². The van der Waals surface area contributed by atoms with E-state index >= 15 is 0 Å². The zero-order chi connectivity index (χ0) is 15.5. The van der Waals surface area contributed by atoms with E-state index in [1.807, 2.05) is 49.4 Å². The molecule has 0 unspecified atom stereocenters. The van der Waals surface area contributed by atoms with Crippen LogP contribution in [-0.4, -0.2) is 6.21 Å². The molecule has 0 saturated heterocycles. The monoisotopic (exact) mass is 275 g/mol. The van der Waals surface area contributed by atoms with Gasteiger partial charge in [0.05, 0.1) is 5.70 Å². The Morgan fingerprint density at radius 3 is 2.33 bits per heavy atom. The molecule has 1 aromatic carbocycles. The van der Waals surface area contributed by atoms with Crippen LogP contribution in [0.3, 0.4) is 0 Å². The first-order valence-corrected chi connectivity index (χ1v) is 6.76. The van der Waals surface area contributed by atoms with Gasteiger partial charge in [-0.25, -0.2) is 0 Å². The molecule has 0 saturated carbocycles. The Morgan fingerprint density at radius 2 is 1.76 bits per heavy atom. The molecule has 0 spiro atoms. The predicted octanol–water partition coefficient (Wildman–Crippen LogP) is 5.53. The lowest BCUT2D eigenvalue weighted by atomic mass is 10.0. The van der Waals surface area contributed by atoms with Gasteiger partial charge in [-0.2, -0.15) is 0 Å². The Bertz CT molecular complexity index is 610. The quantitative estimate of drug-likeness (QED) is 0.458. The van der Waals surface area contributed by atoms with Crippen LogP contribution in [0.2, 0.25) is 0 Å². The van der Waals surface area contributed by atoms with Gasteiger partial charge in [0.1, 0.15) is 0 Å². The van der Waals surface area contributed by atoms with E-state index in [2.05, 4.69) is 36.9 Å². The molecule has 0 aromatic heterocycles. The highest BCUT2D eigenvalue weighted by Gasteiger charge is 2.00. The number of hydrogen-bond acceptors (Lipinski definition) is 1. The van der Waals surface area contributed by atoms with Crippen LogP contribution in [0.25, 0.3) is 5.57 Å². The molecule has 1 nitrogen and oxygen atoms in total. The van der Waals surface area contributed by atoms with Crippen molar-refractivity contribution in [1.29, 1.82) is 0 Å². The molecule has 0 aliphatic heterocycles. The Balaban J connectivity index is 3.16. The molecular formula is C20H21N. The molecule has 1 rings (SSSR count). The minimum Gasteiger partial charge on any atom is -0.257 e. The van der Waals surface area contributed by atoms with E-state index in [1.54, 1.807) is 18.4 Å². The van der Waals surface area contributed by atoms with E-state index in [1.165, 1.54) is 0 Å². The Labute approximate surface area is 127 Å². The third-order valence-corrected chi connectivity index (χ3v) is 2.68. The maximum absolute atomic E-state index is 4.44. The predicted molar refractivity (Wildman–Crippen MR) is 95.3 cm³/mol. The minimum atomic E-state index is 0.834. The molecular weight excluding hydrogens is 254 g/mol. The van der Waals surface area contributed by atoms with E-state index in [9.17, 15) is 0 Å². The van der Waals surface area contributed by atoms with E-state index < -0.39 is 0 Å². The molecule has 0 atom stereocenters. The summed E-state index contributed by atoms with van der Waals surface area (Å²) < 4.78 is 0. The maximum Gasteiger partial charge on any atom is 0.0659 e. The lowest BCUT2D eigenvalue weighted by Crippen LogP contribution is -1.86. The molecule has 0 N–H and O–H groups in total. The third-order valence-electron chi connectivity index (χ3n) is 2.68. The van der Waals surface area contributed by atoms with E-state index in [4.69, 9.17) is 0 Å². The summed E-state index contributed by atoms with van der Waals surface area (Å²) in [6.07, 6.45) is 12.9. The molecule has 0 amide bonds. The van der Waals surface area contributed by atoms with Crippen LogP contribution in [0.15, 0.2) is 103 Å². The topological polar surface area (TPSA) is 12.4 Å². The van der Waals surface area contributed by atoms with Gasteiger partial charge in [-0.3, -0.25) is 4.99 Å². The van der Waals surface area contributed by atoms with Crippen LogP contribution in [0.1, 0.15) is 12.5 Å². The minimum absolute atomic E-state index is 0.834. The number of nitrogens with zero attached hydrogens (tertiary/aromatic N) is 1. The largest absolute Gasteiger partial charge is 0.257 e.